The lowest BCUT2D eigenvalue weighted by Crippen LogP contribution is -2.10. The highest BCUT2D eigenvalue weighted by Crippen LogP contribution is 2.26. The molecule has 0 amide bonds. The second-order valence-electron chi connectivity index (χ2n) is 4.48. The van der Waals surface area contributed by atoms with Gasteiger partial charge >= 0.3 is 5.97 Å². The molecule has 4 heteroatoms. The quantitative estimate of drug-likeness (QED) is 0.599. The number of rotatable bonds is 6. The molecular formula is C17H17FO3. The molecule has 0 saturated heterocycles. The summed E-state index contributed by atoms with van der Waals surface area (Å²) >= 11 is 0. The summed E-state index contributed by atoms with van der Waals surface area (Å²) in [5, 5.41) is 0. The second kappa shape index (κ2) is 7.43. The minimum atomic E-state index is -0.341. The van der Waals surface area contributed by atoms with Crippen LogP contribution in [0.2, 0.25) is 0 Å². The maximum atomic E-state index is 12.8. The number of para-hydroxylation sites is 2. The fourth-order valence-electron chi connectivity index (χ4n) is 1.88. The van der Waals surface area contributed by atoms with Crippen molar-refractivity contribution in [2.45, 2.75) is 19.8 Å². The summed E-state index contributed by atoms with van der Waals surface area (Å²) in [6.45, 7) is 2.37. The van der Waals surface area contributed by atoms with Crippen molar-refractivity contribution < 1.29 is 18.7 Å². The molecule has 0 aliphatic carbocycles. The lowest BCUT2D eigenvalue weighted by molar-refractivity contribution is -0.134. The van der Waals surface area contributed by atoms with Crippen LogP contribution in [0.4, 0.5) is 4.39 Å². The van der Waals surface area contributed by atoms with E-state index in [1.165, 1.54) is 12.1 Å². The Labute approximate surface area is 123 Å². The van der Waals surface area contributed by atoms with Crippen molar-refractivity contribution in [2.24, 2.45) is 0 Å². The van der Waals surface area contributed by atoms with E-state index in [1.807, 2.05) is 13.0 Å². The van der Waals surface area contributed by atoms with E-state index < -0.39 is 0 Å². The van der Waals surface area contributed by atoms with Crippen LogP contribution in [-0.4, -0.2) is 12.6 Å². The Hall–Kier alpha value is -2.36. The normalized spacial score (nSPS) is 10.2. The fraction of sp³-hybridized carbons (Fsp3) is 0.235. The van der Waals surface area contributed by atoms with Crippen LogP contribution < -0.4 is 9.47 Å². The molecule has 21 heavy (non-hydrogen) atoms. The van der Waals surface area contributed by atoms with Gasteiger partial charge in [-0.3, -0.25) is 4.79 Å². The zero-order valence-electron chi connectivity index (χ0n) is 11.8. The number of hydrogen-bond acceptors (Lipinski definition) is 3. The van der Waals surface area contributed by atoms with Gasteiger partial charge in [-0.1, -0.05) is 24.3 Å². The summed E-state index contributed by atoms with van der Waals surface area (Å²) in [7, 11) is 0. The Balaban J connectivity index is 1.91. The molecule has 0 bridgehead atoms. The average molecular weight is 288 g/mol. The molecule has 0 N–H and O–H groups in total. The number of hydrogen-bond donors (Lipinski definition) is 0. The van der Waals surface area contributed by atoms with E-state index in [1.54, 1.807) is 30.3 Å². The predicted molar refractivity (Wildman–Crippen MR) is 78.0 cm³/mol. The van der Waals surface area contributed by atoms with Gasteiger partial charge in [0.05, 0.1) is 6.61 Å². The van der Waals surface area contributed by atoms with Crippen LogP contribution in [0.15, 0.2) is 48.5 Å². The summed E-state index contributed by atoms with van der Waals surface area (Å²) in [5.41, 5.74) is 0.895. The van der Waals surface area contributed by atoms with E-state index in [0.29, 0.717) is 24.5 Å². The number of halogens is 1. The first kappa shape index (κ1) is 15.0. The Morgan fingerprint density at radius 1 is 1.05 bits per heavy atom. The van der Waals surface area contributed by atoms with E-state index in [9.17, 15) is 9.18 Å². The van der Waals surface area contributed by atoms with Crippen molar-refractivity contribution in [3.8, 4) is 11.5 Å². The Kier molecular flexibility index (Phi) is 5.32. The van der Waals surface area contributed by atoms with Gasteiger partial charge in [0.2, 0.25) is 0 Å². The number of ether oxygens (including phenoxy) is 2. The zero-order chi connectivity index (χ0) is 15.1. The monoisotopic (exact) mass is 288 g/mol. The van der Waals surface area contributed by atoms with Gasteiger partial charge in [-0.25, -0.2) is 4.39 Å². The molecule has 0 spiro atoms. The molecule has 2 rings (SSSR count). The molecule has 3 nitrogen and oxygen atoms in total. The Bertz CT molecular complexity index is 593. The van der Waals surface area contributed by atoms with Gasteiger partial charge < -0.3 is 9.47 Å². The van der Waals surface area contributed by atoms with Crippen LogP contribution in [-0.2, 0) is 11.2 Å². The van der Waals surface area contributed by atoms with Crippen molar-refractivity contribution in [1.82, 2.24) is 0 Å². The highest BCUT2D eigenvalue weighted by molar-refractivity contribution is 5.73. The van der Waals surface area contributed by atoms with E-state index in [-0.39, 0.29) is 18.2 Å². The number of benzene rings is 2. The van der Waals surface area contributed by atoms with Gasteiger partial charge in [-0.05, 0) is 43.2 Å². The van der Waals surface area contributed by atoms with E-state index in [2.05, 4.69) is 0 Å². The molecule has 110 valence electrons. The molecule has 0 heterocycles. The number of carbonyl (C=O) groups excluding carboxylic acids is 1. The third kappa shape index (κ3) is 4.60. The maximum Gasteiger partial charge on any atom is 0.311 e. The first-order valence-corrected chi connectivity index (χ1v) is 6.86. The summed E-state index contributed by atoms with van der Waals surface area (Å²) in [6, 6.07) is 13.1. The molecule has 0 unspecified atom stereocenters. The average Bonchev–Trinajstić information content (AvgIpc) is 2.49. The van der Waals surface area contributed by atoms with Gasteiger partial charge in [-0.15, -0.1) is 0 Å². The van der Waals surface area contributed by atoms with Crippen molar-refractivity contribution in [1.29, 1.82) is 0 Å². The van der Waals surface area contributed by atoms with Gasteiger partial charge in [0.15, 0.2) is 11.5 Å². The smallest absolute Gasteiger partial charge is 0.311 e. The Morgan fingerprint density at radius 2 is 1.71 bits per heavy atom. The zero-order valence-corrected chi connectivity index (χ0v) is 11.8. The van der Waals surface area contributed by atoms with Gasteiger partial charge in [-0.2, -0.15) is 0 Å². The van der Waals surface area contributed by atoms with Crippen molar-refractivity contribution in [3.63, 3.8) is 0 Å². The molecule has 0 aromatic heterocycles. The number of aryl methyl sites for hydroxylation is 1. The summed E-state index contributed by atoms with van der Waals surface area (Å²) in [6.07, 6.45) is 0.738. The summed E-state index contributed by atoms with van der Waals surface area (Å²) in [4.78, 5) is 11.9. The molecule has 2 aromatic carbocycles. The molecule has 0 aliphatic heterocycles. The second-order valence-corrected chi connectivity index (χ2v) is 4.48. The third-order valence-corrected chi connectivity index (χ3v) is 2.90. The van der Waals surface area contributed by atoms with Crippen LogP contribution in [0.1, 0.15) is 18.9 Å². The molecular weight excluding hydrogens is 271 g/mol. The van der Waals surface area contributed by atoms with Crippen molar-refractivity contribution in [3.05, 3.63) is 59.9 Å². The highest BCUT2D eigenvalue weighted by Gasteiger charge is 2.10. The topological polar surface area (TPSA) is 35.5 Å². The van der Waals surface area contributed by atoms with Gasteiger partial charge in [0.25, 0.3) is 0 Å². The predicted octanol–water partition coefficient (Wildman–Crippen LogP) is 3.76. The largest absolute Gasteiger partial charge is 0.490 e. The van der Waals surface area contributed by atoms with Crippen molar-refractivity contribution in [2.75, 3.05) is 6.61 Å². The van der Waals surface area contributed by atoms with Gasteiger partial charge in [0.1, 0.15) is 5.82 Å². The van der Waals surface area contributed by atoms with E-state index >= 15 is 0 Å². The van der Waals surface area contributed by atoms with E-state index in [4.69, 9.17) is 9.47 Å². The molecule has 0 saturated carbocycles. The molecule has 0 atom stereocenters. The van der Waals surface area contributed by atoms with Crippen LogP contribution in [0.25, 0.3) is 0 Å². The van der Waals surface area contributed by atoms with Crippen molar-refractivity contribution >= 4 is 5.97 Å². The molecule has 2 aromatic rings. The lowest BCUT2D eigenvalue weighted by atomic mass is 10.1. The van der Waals surface area contributed by atoms with Crippen LogP contribution in [0, 0.1) is 5.82 Å². The van der Waals surface area contributed by atoms with Crippen LogP contribution in [0.5, 0.6) is 11.5 Å². The third-order valence-electron chi connectivity index (χ3n) is 2.90. The minimum Gasteiger partial charge on any atom is -0.490 e. The molecule has 0 aliphatic rings. The van der Waals surface area contributed by atoms with Crippen LogP contribution in [0.3, 0.4) is 0 Å². The number of esters is 1. The first-order chi connectivity index (χ1) is 10.2. The first-order valence-electron chi connectivity index (χ1n) is 6.86. The standard InChI is InChI=1S/C17H17FO3/c1-2-20-15-5-3-4-6-16(15)21-17(19)12-9-13-7-10-14(18)11-8-13/h3-8,10-11H,2,9,12H2,1H3. The van der Waals surface area contributed by atoms with Crippen LogP contribution >= 0.6 is 0 Å². The maximum absolute atomic E-state index is 12.8. The summed E-state index contributed by atoms with van der Waals surface area (Å²) < 4.78 is 23.5. The summed E-state index contributed by atoms with van der Waals surface area (Å²) in [5.74, 6) is 0.344. The Morgan fingerprint density at radius 3 is 2.38 bits per heavy atom. The lowest BCUT2D eigenvalue weighted by Gasteiger charge is -2.10. The molecule has 0 radical (unpaired) electrons. The van der Waals surface area contributed by atoms with Gasteiger partial charge in [0, 0.05) is 6.42 Å². The minimum absolute atomic E-state index is 0.228. The highest BCUT2D eigenvalue weighted by atomic mass is 19.1. The fourth-order valence-corrected chi connectivity index (χ4v) is 1.88. The molecule has 0 fully saturated rings. The number of carbonyl (C=O) groups is 1. The SMILES string of the molecule is CCOc1ccccc1OC(=O)CCc1ccc(F)cc1. The van der Waals surface area contributed by atoms with E-state index in [0.717, 1.165) is 5.56 Å².